The second-order valence-corrected chi connectivity index (χ2v) is 5.81. The summed E-state index contributed by atoms with van der Waals surface area (Å²) in [4.78, 5) is 24.8. The molecular formula is C16H16N2O4. The number of cyclic esters (lactones) is 1. The van der Waals surface area contributed by atoms with E-state index in [4.69, 9.17) is 9.26 Å². The van der Waals surface area contributed by atoms with Gasteiger partial charge in [0, 0.05) is 11.6 Å². The minimum absolute atomic E-state index is 0.0138. The molecule has 22 heavy (non-hydrogen) atoms. The maximum absolute atomic E-state index is 12.1. The van der Waals surface area contributed by atoms with E-state index in [0.29, 0.717) is 11.5 Å². The Hall–Kier alpha value is -2.63. The molecule has 6 nitrogen and oxygen atoms in total. The SMILES string of the molecule is Cc1ccc(-c2cc(CN3C(=O)OC(C)(C)C3=O)on2)cc1. The van der Waals surface area contributed by atoms with E-state index in [2.05, 4.69) is 5.16 Å². The second kappa shape index (κ2) is 4.98. The van der Waals surface area contributed by atoms with Gasteiger partial charge >= 0.3 is 6.09 Å². The first-order chi connectivity index (χ1) is 10.4. The molecule has 1 aliphatic rings. The number of ether oxygens (including phenoxy) is 1. The molecule has 0 spiro atoms. The lowest BCUT2D eigenvalue weighted by Gasteiger charge is -2.12. The van der Waals surface area contributed by atoms with Crippen molar-refractivity contribution in [3.8, 4) is 11.3 Å². The number of carbonyl (C=O) groups excluding carboxylic acids is 2. The second-order valence-electron chi connectivity index (χ2n) is 5.81. The van der Waals surface area contributed by atoms with Crippen molar-refractivity contribution < 1.29 is 18.8 Å². The van der Waals surface area contributed by atoms with Gasteiger partial charge in [-0.3, -0.25) is 4.79 Å². The van der Waals surface area contributed by atoms with Crippen molar-refractivity contribution in [2.45, 2.75) is 32.9 Å². The molecule has 0 saturated carbocycles. The standard InChI is InChI=1S/C16H16N2O4/c1-10-4-6-11(7-5-10)13-8-12(22-17-13)9-18-14(19)16(2,3)21-15(18)20/h4-8H,9H2,1-3H3. The van der Waals surface area contributed by atoms with Crippen LogP contribution < -0.4 is 0 Å². The van der Waals surface area contributed by atoms with Crippen LogP contribution in [0.5, 0.6) is 0 Å². The zero-order valence-electron chi connectivity index (χ0n) is 12.6. The lowest BCUT2D eigenvalue weighted by atomic mass is 10.1. The molecule has 1 aromatic carbocycles. The third kappa shape index (κ3) is 2.47. The summed E-state index contributed by atoms with van der Waals surface area (Å²) >= 11 is 0. The number of benzene rings is 1. The molecule has 0 N–H and O–H groups in total. The van der Waals surface area contributed by atoms with E-state index in [1.165, 1.54) is 0 Å². The number of rotatable bonds is 3. The van der Waals surface area contributed by atoms with Gasteiger partial charge in [-0.2, -0.15) is 0 Å². The summed E-state index contributed by atoms with van der Waals surface area (Å²) in [6.45, 7) is 5.14. The summed E-state index contributed by atoms with van der Waals surface area (Å²) in [6.07, 6.45) is -0.664. The number of hydrogen-bond donors (Lipinski definition) is 0. The Morgan fingerprint density at radius 2 is 1.86 bits per heavy atom. The van der Waals surface area contributed by atoms with Crippen LogP contribution in [0, 0.1) is 6.92 Å². The molecule has 1 aromatic heterocycles. The molecular weight excluding hydrogens is 284 g/mol. The predicted molar refractivity (Wildman–Crippen MR) is 77.8 cm³/mol. The van der Waals surface area contributed by atoms with Crippen molar-refractivity contribution in [3.63, 3.8) is 0 Å². The summed E-state index contributed by atoms with van der Waals surface area (Å²) < 4.78 is 10.3. The van der Waals surface area contributed by atoms with E-state index >= 15 is 0 Å². The van der Waals surface area contributed by atoms with Gasteiger partial charge in [0.1, 0.15) is 5.69 Å². The van der Waals surface area contributed by atoms with Crippen LogP contribution in [0.15, 0.2) is 34.9 Å². The number of hydrogen-bond acceptors (Lipinski definition) is 5. The van der Waals surface area contributed by atoms with E-state index in [-0.39, 0.29) is 12.5 Å². The largest absolute Gasteiger partial charge is 0.433 e. The van der Waals surface area contributed by atoms with Gasteiger partial charge in [0.05, 0.1) is 6.54 Å². The fourth-order valence-electron chi connectivity index (χ4n) is 2.27. The van der Waals surface area contributed by atoms with Crippen LogP contribution >= 0.6 is 0 Å². The summed E-state index contributed by atoms with van der Waals surface area (Å²) in [5.41, 5.74) is 1.60. The molecule has 2 aromatic rings. The minimum atomic E-state index is -1.13. The van der Waals surface area contributed by atoms with Gasteiger partial charge < -0.3 is 9.26 Å². The highest BCUT2D eigenvalue weighted by Gasteiger charge is 2.47. The maximum atomic E-state index is 12.1. The van der Waals surface area contributed by atoms with Crippen LogP contribution in [0.25, 0.3) is 11.3 Å². The highest BCUT2D eigenvalue weighted by atomic mass is 16.6. The number of aryl methyl sites for hydroxylation is 1. The van der Waals surface area contributed by atoms with Gasteiger partial charge in [-0.25, -0.2) is 9.69 Å². The Kier molecular flexibility index (Phi) is 3.24. The van der Waals surface area contributed by atoms with Gasteiger partial charge in [0.15, 0.2) is 11.4 Å². The Morgan fingerprint density at radius 1 is 1.18 bits per heavy atom. The van der Waals surface area contributed by atoms with Crippen LogP contribution in [-0.4, -0.2) is 27.7 Å². The van der Waals surface area contributed by atoms with Gasteiger partial charge in [0.25, 0.3) is 5.91 Å². The van der Waals surface area contributed by atoms with E-state index in [1.54, 1.807) is 19.9 Å². The number of nitrogens with zero attached hydrogens (tertiary/aromatic N) is 2. The lowest BCUT2D eigenvalue weighted by Crippen LogP contribution is -2.35. The normalized spacial score (nSPS) is 17.0. The van der Waals surface area contributed by atoms with Crippen molar-refractivity contribution in [1.29, 1.82) is 0 Å². The molecule has 2 amide bonds. The minimum Gasteiger partial charge on any atom is -0.433 e. The third-order valence-electron chi connectivity index (χ3n) is 3.54. The summed E-state index contributed by atoms with van der Waals surface area (Å²) in [5.74, 6) is 0.0457. The molecule has 2 heterocycles. The molecule has 3 rings (SSSR count). The Morgan fingerprint density at radius 3 is 2.45 bits per heavy atom. The number of imide groups is 1. The highest BCUT2D eigenvalue weighted by molar-refractivity contribution is 6.02. The third-order valence-corrected chi connectivity index (χ3v) is 3.54. The topological polar surface area (TPSA) is 72.6 Å². The molecule has 0 unspecified atom stereocenters. The van der Waals surface area contributed by atoms with Crippen LogP contribution in [0.4, 0.5) is 4.79 Å². The number of carbonyl (C=O) groups is 2. The van der Waals surface area contributed by atoms with Crippen molar-refractivity contribution in [2.75, 3.05) is 0 Å². The molecule has 6 heteroatoms. The zero-order valence-corrected chi connectivity index (χ0v) is 12.6. The summed E-state index contributed by atoms with van der Waals surface area (Å²) in [6, 6.07) is 9.56. The van der Waals surface area contributed by atoms with Gasteiger partial charge in [-0.1, -0.05) is 35.0 Å². The van der Waals surface area contributed by atoms with E-state index < -0.39 is 11.7 Å². The smallest absolute Gasteiger partial charge is 0.418 e. The van der Waals surface area contributed by atoms with Crippen molar-refractivity contribution in [2.24, 2.45) is 0 Å². The number of amides is 2. The molecule has 114 valence electrons. The molecule has 0 radical (unpaired) electrons. The van der Waals surface area contributed by atoms with Crippen LogP contribution in [0.1, 0.15) is 25.2 Å². The van der Waals surface area contributed by atoms with Gasteiger partial charge in [0.2, 0.25) is 0 Å². The Labute approximate surface area is 127 Å². The first kappa shape index (κ1) is 14.3. The molecule has 1 fully saturated rings. The molecule has 0 atom stereocenters. The van der Waals surface area contributed by atoms with Gasteiger partial charge in [-0.05, 0) is 20.8 Å². The summed E-state index contributed by atoms with van der Waals surface area (Å²) in [5, 5.41) is 3.98. The van der Waals surface area contributed by atoms with Crippen LogP contribution in [-0.2, 0) is 16.1 Å². The molecule has 1 saturated heterocycles. The zero-order chi connectivity index (χ0) is 15.9. The highest BCUT2D eigenvalue weighted by Crippen LogP contribution is 2.26. The molecule has 1 aliphatic heterocycles. The average Bonchev–Trinajstić information content (AvgIpc) is 2.99. The van der Waals surface area contributed by atoms with E-state index in [1.807, 2.05) is 31.2 Å². The number of aromatic nitrogens is 1. The van der Waals surface area contributed by atoms with E-state index in [0.717, 1.165) is 16.0 Å². The van der Waals surface area contributed by atoms with Crippen molar-refractivity contribution >= 4 is 12.0 Å². The maximum Gasteiger partial charge on any atom is 0.418 e. The molecule has 0 bridgehead atoms. The average molecular weight is 300 g/mol. The monoisotopic (exact) mass is 300 g/mol. The first-order valence-corrected chi connectivity index (χ1v) is 6.94. The first-order valence-electron chi connectivity index (χ1n) is 6.94. The Balaban J connectivity index is 1.79. The molecule has 0 aliphatic carbocycles. The van der Waals surface area contributed by atoms with Crippen molar-refractivity contribution in [3.05, 3.63) is 41.7 Å². The summed E-state index contributed by atoms with van der Waals surface area (Å²) in [7, 11) is 0. The van der Waals surface area contributed by atoms with Crippen LogP contribution in [0.2, 0.25) is 0 Å². The van der Waals surface area contributed by atoms with Crippen molar-refractivity contribution in [1.82, 2.24) is 10.1 Å². The van der Waals surface area contributed by atoms with Crippen LogP contribution in [0.3, 0.4) is 0 Å². The fraction of sp³-hybridized carbons (Fsp3) is 0.312. The fourth-order valence-corrected chi connectivity index (χ4v) is 2.27. The van der Waals surface area contributed by atoms with Gasteiger partial charge in [-0.15, -0.1) is 0 Å². The quantitative estimate of drug-likeness (QED) is 0.871. The predicted octanol–water partition coefficient (Wildman–Crippen LogP) is 2.91. The van der Waals surface area contributed by atoms with E-state index in [9.17, 15) is 9.59 Å². The Bertz CT molecular complexity index is 731. The lowest BCUT2D eigenvalue weighted by molar-refractivity contribution is -0.135.